The molecule has 1 fully saturated rings. The Labute approximate surface area is 115 Å². The van der Waals surface area contributed by atoms with Crippen molar-refractivity contribution in [3.8, 4) is 0 Å². The van der Waals surface area contributed by atoms with E-state index in [1.165, 1.54) is 32.1 Å². The largest absolute Gasteiger partial charge is 0.389 e. The molecule has 1 saturated carbocycles. The molecule has 4 heteroatoms. The molecule has 1 N–H and O–H groups in total. The second-order valence-corrected chi connectivity index (χ2v) is 5.87. The van der Waals surface area contributed by atoms with Crippen molar-refractivity contribution in [2.45, 2.75) is 77.4 Å². The van der Waals surface area contributed by atoms with Gasteiger partial charge in [-0.3, -0.25) is 0 Å². The zero-order chi connectivity index (χ0) is 14.3. The number of alkyl halides is 3. The van der Waals surface area contributed by atoms with Crippen LogP contribution in [-0.2, 0) is 0 Å². The Kier molecular flexibility index (Phi) is 7.19. The Morgan fingerprint density at radius 1 is 1.21 bits per heavy atom. The predicted octanol–water partition coefficient (Wildman–Crippen LogP) is 4.91. The molecular formula is C15H28F3N. The Bertz CT molecular complexity index is 240. The van der Waals surface area contributed by atoms with Crippen molar-refractivity contribution in [1.29, 1.82) is 0 Å². The van der Waals surface area contributed by atoms with Crippen LogP contribution in [0.15, 0.2) is 0 Å². The van der Waals surface area contributed by atoms with Crippen LogP contribution in [0, 0.1) is 11.8 Å². The lowest BCUT2D eigenvalue weighted by Gasteiger charge is -2.35. The minimum Gasteiger partial charge on any atom is -0.314 e. The third-order valence-corrected chi connectivity index (χ3v) is 4.41. The van der Waals surface area contributed by atoms with E-state index in [0.29, 0.717) is 12.3 Å². The van der Waals surface area contributed by atoms with Gasteiger partial charge in [0.1, 0.15) is 0 Å². The maximum absolute atomic E-state index is 12.2. The molecule has 0 amide bonds. The molecule has 1 aliphatic carbocycles. The molecular weight excluding hydrogens is 251 g/mol. The molecule has 1 rings (SSSR count). The molecule has 0 aromatic carbocycles. The summed E-state index contributed by atoms with van der Waals surface area (Å²) in [6.07, 6.45) is 2.40. The van der Waals surface area contributed by atoms with E-state index in [1.54, 1.807) is 0 Å². The minimum atomic E-state index is -4.00. The summed E-state index contributed by atoms with van der Waals surface area (Å²) in [5, 5.41) is 3.42. The summed E-state index contributed by atoms with van der Waals surface area (Å²) >= 11 is 0. The van der Waals surface area contributed by atoms with Crippen molar-refractivity contribution in [2.75, 3.05) is 6.54 Å². The van der Waals surface area contributed by atoms with Gasteiger partial charge in [0.25, 0.3) is 0 Å². The highest BCUT2D eigenvalue weighted by Crippen LogP contribution is 2.34. The first kappa shape index (κ1) is 16.8. The third kappa shape index (κ3) is 6.64. The van der Waals surface area contributed by atoms with Crippen LogP contribution in [0.5, 0.6) is 0 Å². The predicted molar refractivity (Wildman–Crippen MR) is 73.1 cm³/mol. The molecule has 0 aliphatic heterocycles. The Balaban J connectivity index is 2.42. The molecule has 1 aliphatic rings. The molecule has 0 radical (unpaired) electrons. The second kappa shape index (κ2) is 8.13. The first-order valence-electron chi connectivity index (χ1n) is 7.76. The number of hydrogen-bond donors (Lipinski definition) is 1. The van der Waals surface area contributed by atoms with E-state index >= 15 is 0 Å². The first-order chi connectivity index (χ1) is 8.96. The lowest BCUT2D eigenvalue weighted by atomic mass is 9.75. The molecule has 0 saturated heterocycles. The average molecular weight is 279 g/mol. The SMILES string of the molecule is CCNC(CCCC(F)(F)F)C1CCCC(CC)C1. The van der Waals surface area contributed by atoms with Gasteiger partial charge in [-0.25, -0.2) is 0 Å². The lowest BCUT2D eigenvalue weighted by molar-refractivity contribution is -0.136. The van der Waals surface area contributed by atoms with Crippen LogP contribution in [0.2, 0.25) is 0 Å². The van der Waals surface area contributed by atoms with E-state index in [2.05, 4.69) is 12.2 Å². The van der Waals surface area contributed by atoms with Gasteiger partial charge in [0.15, 0.2) is 0 Å². The summed E-state index contributed by atoms with van der Waals surface area (Å²) < 4.78 is 36.7. The number of rotatable bonds is 7. The van der Waals surface area contributed by atoms with Crippen LogP contribution < -0.4 is 5.32 Å². The monoisotopic (exact) mass is 279 g/mol. The van der Waals surface area contributed by atoms with E-state index in [-0.39, 0.29) is 12.5 Å². The van der Waals surface area contributed by atoms with Gasteiger partial charge in [-0.1, -0.05) is 33.1 Å². The average Bonchev–Trinajstić information content (AvgIpc) is 2.36. The molecule has 0 spiro atoms. The van der Waals surface area contributed by atoms with Crippen LogP contribution in [0.1, 0.15) is 65.2 Å². The van der Waals surface area contributed by atoms with E-state index in [9.17, 15) is 13.2 Å². The standard InChI is InChI=1S/C15H28F3N/c1-3-12-7-5-8-13(11-12)14(19-4-2)9-6-10-15(16,17)18/h12-14,19H,3-11H2,1-2H3. The van der Waals surface area contributed by atoms with Crippen molar-refractivity contribution in [1.82, 2.24) is 5.32 Å². The zero-order valence-electron chi connectivity index (χ0n) is 12.2. The fraction of sp³-hybridized carbons (Fsp3) is 1.00. The van der Waals surface area contributed by atoms with Gasteiger partial charge >= 0.3 is 6.18 Å². The molecule has 19 heavy (non-hydrogen) atoms. The third-order valence-electron chi connectivity index (χ3n) is 4.41. The van der Waals surface area contributed by atoms with Gasteiger partial charge in [-0.15, -0.1) is 0 Å². The van der Waals surface area contributed by atoms with Gasteiger partial charge in [-0.05, 0) is 44.1 Å². The maximum Gasteiger partial charge on any atom is 0.389 e. The fourth-order valence-corrected chi connectivity index (χ4v) is 3.36. The van der Waals surface area contributed by atoms with Crippen LogP contribution in [0.3, 0.4) is 0 Å². The minimum absolute atomic E-state index is 0.258. The molecule has 3 atom stereocenters. The van der Waals surface area contributed by atoms with Crippen LogP contribution >= 0.6 is 0 Å². The van der Waals surface area contributed by atoms with Crippen molar-refractivity contribution in [3.05, 3.63) is 0 Å². The highest BCUT2D eigenvalue weighted by atomic mass is 19.4. The normalized spacial score (nSPS) is 26.4. The molecule has 0 aromatic heterocycles. The number of halogens is 3. The summed E-state index contributed by atoms with van der Waals surface area (Å²) in [7, 11) is 0. The Hall–Kier alpha value is -0.250. The smallest absolute Gasteiger partial charge is 0.314 e. The summed E-state index contributed by atoms with van der Waals surface area (Å²) in [5.74, 6) is 1.36. The summed E-state index contributed by atoms with van der Waals surface area (Å²) in [6.45, 7) is 5.11. The summed E-state index contributed by atoms with van der Waals surface area (Å²) in [5.41, 5.74) is 0. The quantitative estimate of drug-likeness (QED) is 0.698. The van der Waals surface area contributed by atoms with Crippen LogP contribution in [-0.4, -0.2) is 18.8 Å². The zero-order valence-corrected chi connectivity index (χ0v) is 12.2. The van der Waals surface area contributed by atoms with E-state index in [1.807, 2.05) is 6.92 Å². The van der Waals surface area contributed by atoms with Crippen molar-refractivity contribution in [2.24, 2.45) is 11.8 Å². The Morgan fingerprint density at radius 3 is 2.53 bits per heavy atom. The molecule has 0 heterocycles. The van der Waals surface area contributed by atoms with E-state index in [4.69, 9.17) is 0 Å². The van der Waals surface area contributed by atoms with Gasteiger partial charge in [0.2, 0.25) is 0 Å². The van der Waals surface area contributed by atoms with Gasteiger partial charge in [-0.2, -0.15) is 13.2 Å². The van der Waals surface area contributed by atoms with Crippen molar-refractivity contribution >= 4 is 0 Å². The summed E-state index contributed by atoms with van der Waals surface area (Å²) in [4.78, 5) is 0. The van der Waals surface area contributed by atoms with Gasteiger partial charge in [0.05, 0.1) is 0 Å². The van der Waals surface area contributed by atoms with E-state index in [0.717, 1.165) is 12.5 Å². The highest BCUT2D eigenvalue weighted by Gasteiger charge is 2.30. The van der Waals surface area contributed by atoms with Crippen molar-refractivity contribution < 1.29 is 13.2 Å². The van der Waals surface area contributed by atoms with Gasteiger partial charge < -0.3 is 5.32 Å². The fourth-order valence-electron chi connectivity index (χ4n) is 3.36. The van der Waals surface area contributed by atoms with E-state index < -0.39 is 12.6 Å². The first-order valence-corrected chi connectivity index (χ1v) is 7.76. The molecule has 0 aromatic rings. The lowest BCUT2D eigenvalue weighted by Crippen LogP contribution is -2.38. The Morgan fingerprint density at radius 2 is 1.95 bits per heavy atom. The van der Waals surface area contributed by atoms with Crippen LogP contribution in [0.4, 0.5) is 13.2 Å². The number of hydrogen-bond acceptors (Lipinski definition) is 1. The maximum atomic E-state index is 12.2. The molecule has 3 unspecified atom stereocenters. The molecule has 0 bridgehead atoms. The molecule has 114 valence electrons. The topological polar surface area (TPSA) is 12.0 Å². The van der Waals surface area contributed by atoms with Gasteiger partial charge in [0, 0.05) is 12.5 Å². The molecule has 1 nitrogen and oxygen atoms in total. The highest BCUT2D eigenvalue weighted by molar-refractivity contribution is 4.82. The summed E-state index contributed by atoms with van der Waals surface area (Å²) in [6, 6.07) is 0.279. The number of nitrogens with one attached hydrogen (secondary N) is 1. The van der Waals surface area contributed by atoms with Crippen molar-refractivity contribution in [3.63, 3.8) is 0 Å². The van der Waals surface area contributed by atoms with Crippen LogP contribution in [0.25, 0.3) is 0 Å². The second-order valence-electron chi connectivity index (χ2n) is 5.87.